The molecule has 2 fully saturated rings. The van der Waals surface area contributed by atoms with Gasteiger partial charge >= 0.3 is 0 Å². The summed E-state index contributed by atoms with van der Waals surface area (Å²) in [5.41, 5.74) is 2.21. The maximum absolute atomic E-state index is 6.07. The van der Waals surface area contributed by atoms with Crippen molar-refractivity contribution < 1.29 is 4.74 Å². The van der Waals surface area contributed by atoms with Crippen LogP contribution < -0.4 is 0 Å². The summed E-state index contributed by atoms with van der Waals surface area (Å²) in [4.78, 5) is 0. The zero-order valence-electron chi connectivity index (χ0n) is 11.5. The van der Waals surface area contributed by atoms with Gasteiger partial charge < -0.3 is 4.74 Å². The van der Waals surface area contributed by atoms with Gasteiger partial charge in [-0.05, 0) is 49.5 Å². The van der Waals surface area contributed by atoms with E-state index in [4.69, 9.17) is 4.74 Å². The van der Waals surface area contributed by atoms with Crippen LogP contribution in [0.2, 0.25) is 0 Å². The first-order valence-electron chi connectivity index (χ1n) is 6.73. The van der Waals surface area contributed by atoms with Crippen LogP contribution in [0.4, 0.5) is 0 Å². The first-order chi connectivity index (χ1) is 7.41. The van der Waals surface area contributed by atoms with E-state index in [9.17, 15) is 0 Å². The van der Waals surface area contributed by atoms with Crippen molar-refractivity contribution in [3.05, 3.63) is 11.8 Å². The predicted octanol–water partition coefficient (Wildman–Crippen LogP) is 4.53. The van der Waals surface area contributed by atoms with Crippen molar-refractivity contribution in [1.29, 1.82) is 0 Å². The lowest BCUT2D eigenvalue weighted by atomic mass is 9.70. The molecule has 0 amide bonds. The number of hydrogen-bond acceptors (Lipinski definition) is 1. The van der Waals surface area contributed by atoms with Gasteiger partial charge in [0.05, 0.1) is 6.26 Å². The quantitative estimate of drug-likeness (QED) is 0.637. The molecule has 0 heterocycles. The fraction of sp³-hybridized carbons (Fsp3) is 0.867. The van der Waals surface area contributed by atoms with E-state index in [2.05, 4.69) is 34.6 Å². The van der Waals surface area contributed by atoms with Gasteiger partial charge in [-0.2, -0.15) is 0 Å². The summed E-state index contributed by atoms with van der Waals surface area (Å²) < 4.78 is 6.07. The first kappa shape index (κ1) is 12.0. The van der Waals surface area contributed by atoms with Crippen molar-refractivity contribution in [2.45, 2.75) is 66.4 Å². The molecular weight excluding hydrogens is 196 g/mol. The summed E-state index contributed by atoms with van der Waals surface area (Å²) in [6, 6.07) is 0. The highest BCUT2D eigenvalue weighted by Gasteiger charge is 2.62. The van der Waals surface area contributed by atoms with Crippen LogP contribution in [0.15, 0.2) is 11.8 Å². The summed E-state index contributed by atoms with van der Waals surface area (Å²) in [7, 11) is 0. The van der Waals surface area contributed by atoms with Gasteiger partial charge in [-0.1, -0.05) is 27.7 Å². The molecule has 2 saturated carbocycles. The van der Waals surface area contributed by atoms with E-state index in [0.29, 0.717) is 16.9 Å². The second-order valence-corrected chi connectivity index (χ2v) is 6.55. The van der Waals surface area contributed by atoms with Crippen molar-refractivity contribution in [3.63, 3.8) is 0 Å². The number of ether oxygens (including phenoxy) is 1. The minimum atomic E-state index is 0.391. The zero-order valence-corrected chi connectivity index (χ0v) is 11.5. The standard InChI is InChI=1S/C15H26O/c1-6-11(2)10-16-13-9-12-7-8-15(13,5)14(12,3)4/h10,12-13H,6-9H2,1-5H3. The molecule has 0 aromatic heterocycles. The molecule has 2 rings (SSSR count). The minimum Gasteiger partial charge on any atom is -0.497 e. The van der Waals surface area contributed by atoms with Gasteiger partial charge in [0.15, 0.2) is 0 Å². The average Bonchev–Trinajstić information content (AvgIpc) is 2.58. The van der Waals surface area contributed by atoms with E-state index in [0.717, 1.165) is 12.3 Å². The average molecular weight is 222 g/mol. The molecule has 2 aliphatic carbocycles. The van der Waals surface area contributed by atoms with Crippen molar-refractivity contribution in [1.82, 2.24) is 0 Å². The zero-order chi connectivity index (χ0) is 12.0. The molecule has 92 valence electrons. The fourth-order valence-electron chi connectivity index (χ4n) is 3.62. The number of rotatable bonds is 3. The third-order valence-electron chi connectivity index (χ3n) is 5.71. The highest BCUT2D eigenvalue weighted by atomic mass is 16.5. The molecule has 3 atom stereocenters. The smallest absolute Gasteiger partial charge is 0.104 e. The van der Waals surface area contributed by atoms with E-state index < -0.39 is 0 Å². The van der Waals surface area contributed by atoms with Crippen molar-refractivity contribution >= 4 is 0 Å². The van der Waals surface area contributed by atoms with Gasteiger partial charge in [-0.15, -0.1) is 0 Å². The van der Waals surface area contributed by atoms with E-state index in [-0.39, 0.29) is 0 Å². The third-order valence-corrected chi connectivity index (χ3v) is 5.71. The van der Waals surface area contributed by atoms with Gasteiger partial charge in [0.2, 0.25) is 0 Å². The Kier molecular flexibility index (Phi) is 2.84. The number of hydrogen-bond donors (Lipinski definition) is 0. The van der Waals surface area contributed by atoms with Gasteiger partial charge in [0, 0.05) is 5.41 Å². The summed E-state index contributed by atoms with van der Waals surface area (Å²) in [5.74, 6) is 0.873. The van der Waals surface area contributed by atoms with Gasteiger partial charge in [-0.25, -0.2) is 0 Å². The maximum Gasteiger partial charge on any atom is 0.104 e. The Balaban J connectivity index is 2.10. The minimum absolute atomic E-state index is 0.391. The summed E-state index contributed by atoms with van der Waals surface area (Å²) in [6.07, 6.45) is 7.55. The normalized spacial score (nSPS) is 41.4. The second-order valence-electron chi connectivity index (χ2n) is 6.55. The molecule has 0 aromatic carbocycles. The Bertz CT molecular complexity index is 303. The van der Waals surface area contributed by atoms with Gasteiger partial charge in [-0.3, -0.25) is 0 Å². The van der Waals surface area contributed by atoms with Crippen LogP contribution in [0.25, 0.3) is 0 Å². The van der Waals surface area contributed by atoms with Crippen LogP contribution >= 0.6 is 0 Å². The highest BCUT2D eigenvalue weighted by molar-refractivity contribution is 5.11. The van der Waals surface area contributed by atoms with E-state index in [1.54, 1.807) is 0 Å². The Morgan fingerprint density at radius 2 is 2.06 bits per heavy atom. The highest BCUT2D eigenvalue weighted by Crippen LogP contribution is 2.66. The molecule has 2 aliphatic rings. The summed E-state index contributed by atoms with van der Waals surface area (Å²) in [6.45, 7) is 11.6. The number of fused-ring (bicyclic) bond motifs is 2. The molecule has 2 bridgehead atoms. The van der Waals surface area contributed by atoms with Gasteiger partial charge in [0.25, 0.3) is 0 Å². The van der Waals surface area contributed by atoms with Crippen molar-refractivity contribution in [3.8, 4) is 0 Å². The van der Waals surface area contributed by atoms with Gasteiger partial charge in [0.1, 0.15) is 6.10 Å². The van der Waals surface area contributed by atoms with Crippen LogP contribution in [0.1, 0.15) is 60.3 Å². The Labute approximate surface area is 100 Å². The lowest BCUT2D eigenvalue weighted by Gasteiger charge is -2.38. The molecule has 1 heteroatoms. The molecule has 0 spiro atoms. The van der Waals surface area contributed by atoms with E-state index >= 15 is 0 Å². The monoisotopic (exact) mass is 222 g/mol. The lowest BCUT2D eigenvalue weighted by Crippen LogP contribution is -2.36. The molecule has 0 aliphatic heterocycles. The number of allylic oxidation sites excluding steroid dienone is 1. The van der Waals surface area contributed by atoms with Crippen LogP contribution in [0.5, 0.6) is 0 Å². The Morgan fingerprint density at radius 1 is 1.38 bits per heavy atom. The van der Waals surface area contributed by atoms with Crippen LogP contribution in [-0.2, 0) is 4.74 Å². The molecule has 3 unspecified atom stereocenters. The molecule has 0 N–H and O–H groups in total. The molecule has 1 nitrogen and oxygen atoms in total. The maximum atomic E-state index is 6.07. The van der Waals surface area contributed by atoms with Crippen molar-refractivity contribution in [2.75, 3.05) is 0 Å². The summed E-state index contributed by atoms with van der Waals surface area (Å²) in [5, 5.41) is 0. The molecule has 0 saturated heterocycles. The molecule has 0 radical (unpaired) electrons. The largest absolute Gasteiger partial charge is 0.497 e. The first-order valence-corrected chi connectivity index (χ1v) is 6.73. The van der Waals surface area contributed by atoms with E-state index in [1.165, 1.54) is 24.8 Å². The molecule has 0 aromatic rings. The van der Waals surface area contributed by atoms with E-state index in [1.807, 2.05) is 6.26 Å². The Morgan fingerprint density at radius 3 is 2.50 bits per heavy atom. The SMILES string of the molecule is CCC(C)=COC1CC2CCC1(C)C2(C)C. The van der Waals surface area contributed by atoms with Crippen LogP contribution in [0, 0.1) is 16.7 Å². The second kappa shape index (κ2) is 3.78. The Hall–Kier alpha value is -0.460. The van der Waals surface area contributed by atoms with Crippen LogP contribution in [0.3, 0.4) is 0 Å². The lowest BCUT2D eigenvalue weighted by molar-refractivity contribution is 0.000461. The molecule has 16 heavy (non-hydrogen) atoms. The predicted molar refractivity (Wildman–Crippen MR) is 68.2 cm³/mol. The summed E-state index contributed by atoms with van der Waals surface area (Å²) >= 11 is 0. The van der Waals surface area contributed by atoms with Crippen molar-refractivity contribution in [2.24, 2.45) is 16.7 Å². The van der Waals surface area contributed by atoms with Crippen LogP contribution in [-0.4, -0.2) is 6.10 Å². The topological polar surface area (TPSA) is 9.23 Å². The third kappa shape index (κ3) is 1.51. The fourth-order valence-corrected chi connectivity index (χ4v) is 3.62. The molecular formula is C15H26O.